The van der Waals surface area contributed by atoms with E-state index in [-0.39, 0.29) is 11.6 Å². The molecule has 0 aliphatic carbocycles. The SMILES string of the molecule is CC(C(=O)N1CCCCCC1)N1CC(N)(C(C)C)C1. The summed E-state index contributed by atoms with van der Waals surface area (Å²) in [7, 11) is 0. The minimum Gasteiger partial charge on any atom is -0.341 e. The van der Waals surface area contributed by atoms with Crippen LogP contribution in [-0.4, -0.2) is 53.5 Å². The number of rotatable bonds is 3. The highest BCUT2D eigenvalue weighted by atomic mass is 16.2. The lowest BCUT2D eigenvalue weighted by molar-refractivity contribution is -0.140. The standard InChI is InChI=1S/C15H29N3O/c1-12(2)15(16)10-18(11-15)13(3)14(19)17-8-6-4-5-7-9-17/h12-13H,4-11,16H2,1-3H3. The molecule has 0 aromatic carbocycles. The van der Waals surface area contributed by atoms with Crippen molar-refractivity contribution in [1.82, 2.24) is 9.80 Å². The third-order valence-electron chi connectivity index (χ3n) is 4.97. The van der Waals surface area contributed by atoms with Crippen LogP contribution in [0.5, 0.6) is 0 Å². The Balaban J connectivity index is 1.86. The van der Waals surface area contributed by atoms with Gasteiger partial charge in [0.15, 0.2) is 0 Å². The van der Waals surface area contributed by atoms with Crippen LogP contribution in [0.3, 0.4) is 0 Å². The van der Waals surface area contributed by atoms with Gasteiger partial charge in [0.2, 0.25) is 5.91 Å². The normalized spacial score (nSPS) is 25.8. The van der Waals surface area contributed by atoms with Gasteiger partial charge in [-0.15, -0.1) is 0 Å². The van der Waals surface area contributed by atoms with E-state index in [4.69, 9.17) is 5.73 Å². The molecule has 0 aromatic rings. The third-order valence-corrected chi connectivity index (χ3v) is 4.97. The first kappa shape index (κ1) is 14.8. The van der Waals surface area contributed by atoms with Gasteiger partial charge in [0, 0.05) is 31.7 Å². The Morgan fingerprint density at radius 1 is 1.05 bits per heavy atom. The first-order valence-electron chi connectivity index (χ1n) is 7.76. The van der Waals surface area contributed by atoms with Crippen molar-refractivity contribution < 1.29 is 4.79 Å². The van der Waals surface area contributed by atoms with Gasteiger partial charge in [-0.1, -0.05) is 26.7 Å². The van der Waals surface area contributed by atoms with Crippen LogP contribution in [0.2, 0.25) is 0 Å². The summed E-state index contributed by atoms with van der Waals surface area (Å²) in [6.07, 6.45) is 4.85. The lowest BCUT2D eigenvalue weighted by atomic mass is 9.79. The van der Waals surface area contributed by atoms with Crippen LogP contribution in [0.4, 0.5) is 0 Å². The van der Waals surface area contributed by atoms with Gasteiger partial charge in [-0.25, -0.2) is 0 Å². The molecular formula is C15H29N3O. The van der Waals surface area contributed by atoms with E-state index in [0.29, 0.717) is 11.8 Å². The number of hydrogen-bond donors (Lipinski definition) is 1. The molecule has 2 rings (SSSR count). The molecule has 0 bridgehead atoms. The molecule has 2 heterocycles. The Bertz CT molecular complexity index is 315. The second-order valence-electron chi connectivity index (χ2n) is 6.71. The smallest absolute Gasteiger partial charge is 0.239 e. The predicted octanol–water partition coefficient (Wildman–Crippen LogP) is 1.45. The van der Waals surface area contributed by atoms with Crippen molar-refractivity contribution in [1.29, 1.82) is 0 Å². The average Bonchev–Trinajstić information content (AvgIpc) is 2.61. The van der Waals surface area contributed by atoms with E-state index >= 15 is 0 Å². The number of likely N-dealkylation sites (tertiary alicyclic amines) is 2. The van der Waals surface area contributed by atoms with Gasteiger partial charge in [-0.2, -0.15) is 0 Å². The summed E-state index contributed by atoms with van der Waals surface area (Å²) in [5.41, 5.74) is 6.22. The molecule has 1 amide bonds. The molecule has 2 fully saturated rings. The number of nitrogens with two attached hydrogens (primary N) is 1. The quantitative estimate of drug-likeness (QED) is 0.842. The zero-order valence-corrected chi connectivity index (χ0v) is 12.7. The van der Waals surface area contributed by atoms with Crippen LogP contribution >= 0.6 is 0 Å². The maximum absolute atomic E-state index is 12.5. The summed E-state index contributed by atoms with van der Waals surface area (Å²) in [6.45, 7) is 9.95. The van der Waals surface area contributed by atoms with Crippen molar-refractivity contribution in [3.05, 3.63) is 0 Å². The Kier molecular flexibility index (Phi) is 4.51. The largest absolute Gasteiger partial charge is 0.341 e. The summed E-state index contributed by atoms with van der Waals surface area (Å²) in [5, 5.41) is 0. The van der Waals surface area contributed by atoms with Crippen molar-refractivity contribution in [3.63, 3.8) is 0 Å². The summed E-state index contributed by atoms with van der Waals surface area (Å²) in [6, 6.07) is -0.00600. The fourth-order valence-electron chi connectivity index (χ4n) is 3.06. The first-order valence-corrected chi connectivity index (χ1v) is 7.76. The molecule has 1 atom stereocenters. The van der Waals surface area contributed by atoms with Crippen LogP contribution in [0.1, 0.15) is 46.5 Å². The highest BCUT2D eigenvalue weighted by Crippen LogP contribution is 2.28. The first-order chi connectivity index (χ1) is 8.94. The molecule has 1 unspecified atom stereocenters. The minimum absolute atomic E-state index is 0.00600. The Morgan fingerprint density at radius 2 is 1.58 bits per heavy atom. The van der Waals surface area contributed by atoms with Gasteiger partial charge in [0.25, 0.3) is 0 Å². The lowest BCUT2D eigenvalue weighted by Gasteiger charge is -2.52. The van der Waals surface area contributed by atoms with E-state index < -0.39 is 0 Å². The van der Waals surface area contributed by atoms with Crippen molar-refractivity contribution in [2.24, 2.45) is 11.7 Å². The van der Waals surface area contributed by atoms with E-state index in [9.17, 15) is 4.79 Å². The molecule has 0 saturated carbocycles. The second kappa shape index (κ2) is 5.80. The number of amides is 1. The molecule has 2 saturated heterocycles. The van der Waals surface area contributed by atoms with E-state index in [1.165, 1.54) is 12.8 Å². The van der Waals surface area contributed by atoms with Crippen LogP contribution in [0.25, 0.3) is 0 Å². The molecule has 110 valence electrons. The molecule has 2 aliphatic rings. The fourth-order valence-corrected chi connectivity index (χ4v) is 3.06. The molecule has 19 heavy (non-hydrogen) atoms. The van der Waals surface area contributed by atoms with E-state index in [1.807, 2.05) is 6.92 Å². The zero-order valence-electron chi connectivity index (χ0n) is 12.7. The second-order valence-corrected chi connectivity index (χ2v) is 6.71. The summed E-state index contributed by atoms with van der Waals surface area (Å²) >= 11 is 0. The predicted molar refractivity (Wildman–Crippen MR) is 77.8 cm³/mol. The van der Waals surface area contributed by atoms with Crippen LogP contribution in [0, 0.1) is 5.92 Å². The Labute approximate surface area is 117 Å². The van der Waals surface area contributed by atoms with Gasteiger partial charge in [0.1, 0.15) is 0 Å². The molecule has 0 aromatic heterocycles. The highest BCUT2D eigenvalue weighted by molar-refractivity contribution is 5.81. The number of carbonyl (C=O) groups is 1. The lowest BCUT2D eigenvalue weighted by Crippen LogP contribution is -2.73. The topological polar surface area (TPSA) is 49.6 Å². The van der Waals surface area contributed by atoms with Gasteiger partial charge < -0.3 is 10.6 Å². The summed E-state index contributed by atoms with van der Waals surface area (Å²) < 4.78 is 0. The van der Waals surface area contributed by atoms with Crippen LogP contribution in [-0.2, 0) is 4.79 Å². The highest BCUT2D eigenvalue weighted by Gasteiger charge is 2.45. The van der Waals surface area contributed by atoms with Crippen LogP contribution < -0.4 is 5.73 Å². The van der Waals surface area contributed by atoms with Crippen molar-refractivity contribution in [2.75, 3.05) is 26.2 Å². The molecule has 0 radical (unpaired) electrons. The maximum Gasteiger partial charge on any atom is 0.239 e. The van der Waals surface area contributed by atoms with Crippen molar-refractivity contribution in [3.8, 4) is 0 Å². The number of hydrogen-bond acceptors (Lipinski definition) is 3. The van der Waals surface area contributed by atoms with Crippen molar-refractivity contribution >= 4 is 5.91 Å². The fraction of sp³-hybridized carbons (Fsp3) is 0.933. The summed E-state index contributed by atoms with van der Waals surface area (Å²) in [4.78, 5) is 16.8. The van der Waals surface area contributed by atoms with E-state index in [2.05, 4.69) is 23.6 Å². The number of nitrogens with zero attached hydrogens (tertiary/aromatic N) is 2. The van der Waals surface area contributed by atoms with E-state index in [1.54, 1.807) is 0 Å². The molecular weight excluding hydrogens is 238 g/mol. The molecule has 2 aliphatic heterocycles. The monoisotopic (exact) mass is 267 g/mol. The maximum atomic E-state index is 12.5. The van der Waals surface area contributed by atoms with Crippen molar-refractivity contribution in [2.45, 2.75) is 58.0 Å². The van der Waals surface area contributed by atoms with Gasteiger partial charge >= 0.3 is 0 Å². The molecule has 4 nitrogen and oxygen atoms in total. The van der Waals surface area contributed by atoms with Gasteiger partial charge in [-0.3, -0.25) is 9.69 Å². The summed E-state index contributed by atoms with van der Waals surface area (Å²) in [5.74, 6) is 0.775. The Morgan fingerprint density at radius 3 is 2.05 bits per heavy atom. The minimum atomic E-state index is -0.0900. The van der Waals surface area contributed by atoms with Gasteiger partial charge in [0.05, 0.1) is 6.04 Å². The van der Waals surface area contributed by atoms with Gasteiger partial charge in [-0.05, 0) is 25.7 Å². The number of carbonyl (C=O) groups excluding carboxylic acids is 1. The molecule has 4 heteroatoms. The average molecular weight is 267 g/mol. The Hall–Kier alpha value is -0.610. The van der Waals surface area contributed by atoms with E-state index in [0.717, 1.165) is 39.0 Å². The zero-order chi connectivity index (χ0) is 14.0. The molecule has 0 spiro atoms. The van der Waals surface area contributed by atoms with Crippen LogP contribution in [0.15, 0.2) is 0 Å². The third kappa shape index (κ3) is 3.11. The molecule has 2 N–H and O–H groups in total.